The van der Waals surface area contributed by atoms with E-state index in [1.165, 1.54) is 0 Å². The zero-order chi connectivity index (χ0) is 13.0. The molecule has 0 fully saturated rings. The highest BCUT2D eigenvalue weighted by Gasteiger charge is 2.11. The van der Waals surface area contributed by atoms with Crippen LogP contribution in [0.25, 0.3) is 0 Å². The maximum atomic E-state index is 10.4. The molecule has 1 unspecified atom stereocenters. The molecule has 0 heterocycles. The lowest BCUT2D eigenvalue weighted by Gasteiger charge is -2.17. The molecule has 1 aromatic carbocycles. The van der Waals surface area contributed by atoms with E-state index in [2.05, 4.69) is 5.32 Å². The van der Waals surface area contributed by atoms with Crippen molar-refractivity contribution >= 4 is 46.5 Å². The van der Waals surface area contributed by atoms with Gasteiger partial charge in [0.1, 0.15) is 0 Å². The number of hydrogen-bond acceptors (Lipinski definition) is 2. The molecule has 0 amide bonds. The number of anilines is 1. The fraction of sp³-hybridized carbons (Fsp3) is 0.364. The molecule has 0 aliphatic carbocycles. The molecule has 0 saturated heterocycles. The molecule has 0 spiro atoms. The van der Waals surface area contributed by atoms with Crippen LogP contribution in [0.15, 0.2) is 12.1 Å². The van der Waals surface area contributed by atoms with Gasteiger partial charge in [-0.2, -0.15) is 0 Å². The van der Waals surface area contributed by atoms with Crippen molar-refractivity contribution < 1.29 is 9.90 Å². The maximum Gasteiger partial charge on any atom is 0.303 e. The van der Waals surface area contributed by atoms with Crippen LogP contribution in [-0.2, 0) is 4.79 Å². The van der Waals surface area contributed by atoms with E-state index in [0.29, 0.717) is 27.2 Å². The van der Waals surface area contributed by atoms with E-state index < -0.39 is 5.97 Å². The highest BCUT2D eigenvalue weighted by Crippen LogP contribution is 2.34. The third-order valence-electron chi connectivity index (χ3n) is 2.19. The van der Waals surface area contributed by atoms with Crippen molar-refractivity contribution in [2.24, 2.45) is 0 Å². The molecule has 0 aromatic heterocycles. The van der Waals surface area contributed by atoms with Crippen molar-refractivity contribution in [3.8, 4) is 0 Å². The van der Waals surface area contributed by atoms with Crippen LogP contribution in [0.1, 0.15) is 19.8 Å². The number of carboxylic acids is 1. The second-order valence-corrected chi connectivity index (χ2v) is 4.97. The molecule has 0 radical (unpaired) electrons. The average molecular weight is 297 g/mol. The number of hydrogen-bond donors (Lipinski definition) is 2. The quantitative estimate of drug-likeness (QED) is 0.851. The van der Waals surface area contributed by atoms with Gasteiger partial charge in [-0.1, -0.05) is 34.8 Å². The van der Waals surface area contributed by atoms with E-state index in [9.17, 15) is 4.79 Å². The van der Waals surface area contributed by atoms with Gasteiger partial charge in [0, 0.05) is 17.5 Å². The minimum absolute atomic E-state index is 0.0396. The van der Waals surface area contributed by atoms with Gasteiger partial charge < -0.3 is 10.4 Å². The first-order valence-electron chi connectivity index (χ1n) is 5.03. The molecule has 0 aliphatic rings. The Hall–Kier alpha value is -0.640. The smallest absolute Gasteiger partial charge is 0.303 e. The molecule has 3 nitrogen and oxygen atoms in total. The van der Waals surface area contributed by atoms with Crippen LogP contribution in [-0.4, -0.2) is 17.1 Å². The number of rotatable bonds is 5. The molecule has 6 heteroatoms. The standard InChI is InChI=1S/C11H12Cl3NO2/c1-6(2-3-10(16)17)15-11-8(13)4-7(12)5-9(11)14/h4-6,15H,2-3H2,1H3,(H,16,17). The first-order chi connectivity index (χ1) is 7.90. The Morgan fingerprint density at radius 2 is 1.88 bits per heavy atom. The topological polar surface area (TPSA) is 49.3 Å². The number of carboxylic acid groups (broad SMARTS) is 1. The largest absolute Gasteiger partial charge is 0.481 e. The lowest BCUT2D eigenvalue weighted by Crippen LogP contribution is -2.17. The van der Waals surface area contributed by atoms with Gasteiger partial charge in [0.2, 0.25) is 0 Å². The summed E-state index contributed by atoms with van der Waals surface area (Å²) in [5, 5.41) is 13.0. The lowest BCUT2D eigenvalue weighted by atomic mass is 10.1. The predicted molar refractivity (Wildman–Crippen MR) is 71.4 cm³/mol. The molecule has 2 N–H and O–H groups in total. The van der Waals surface area contributed by atoms with Crippen LogP contribution >= 0.6 is 34.8 Å². The molecule has 1 aromatic rings. The monoisotopic (exact) mass is 295 g/mol. The van der Waals surface area contributed by atoms with Gasteiger partial charge in [0.15, 0.2) is 0 Å². The van der Waals surface area contributed by atoms with E-state index in [1.807, 2.05) is 6.92 Å². The SMILES string of the molecule is CC(CCC(=O)O)Nc1c(Cl)cc(Cl)cc1Cl. The Bertz CT molecular complexity index is 400. The van der Waals surface area contributed by atoms with Crippen LogP contribution in [0.4, 0.5) is 5.69 Å². The van der Waals surface area contributed by atoms with Gasteiger partial charge in [-0.25, -0.2) is 0 Å². The van der Waals surface area contributed by atoms with Crippen molar-refractivity contribution in [2.45, 2.75) is 25.8 Å². The Morgan fingerprint density at radius 1 is 1.35 bits per heavy atom. The summed E-state index contributed by atoms with van der Waals surface area (Å²) in [5.74, 6) is -0.827. The molecular formula is C11H12Cl3NO2. The highest BCUT2D eigenvalue weighted by atomic mass is 35.5. The lowest BCUT2D eigenvalue weighted by molar-refractivity contribution is -0.137. The summed E-state index contributed by atoms with van der Waals surface area (Å²) in [4.78, 5) is 10.4. The van der Waals surface area contributed by atoms with Gasteiger partial charge in [-0.15, -0.1) is 0 Å². The Labute approximate surface area is 115 Å². The summed E-state index contributed by atoms with van der Waals surface area (Å²) in [6.45, 7) is 1.87. The normalized spacial score (nSPS) is 12.2. The minimum atomic E-state index is -0.827. The molecule has 0 saturated carbocycles. The second kappa shape index (κ2) is 6.34. The Morgan fingerprint density at radius 3 is 2.35 bits per heavy atom. The van der Waals surface area contributed by atoms with Gasteiger partial charge in [-0.05, 0) is 25.5 Å². The van der Waals surface area contributed by atoms with E-state index in [1.54, 1.807) is 12.1 Å². The van der Waals surface area contributed by atoms with E-state index >= 15 is 0 Å². The maximum absolute atomic E-state index is 10.4. The van der Waals surface area contributed by atoms with Crippen LogP contribution in [0.5, 0.6) is 0 Å². The van der Waals surface area contributed by atoms with Crippen molar-refractivity contribution in [1.29, 1.82) is 0 Å². The third-order valence-corrected chi connectivity index (χ3v) is 3.00. The summed E-state index contributed by atoms with van der Waals surface area (Å²) in [6.07, 6.45) is 0.585. The van der Waals surface area contributed by atoms with Crippen molar-refractivity contribution in [2.75, 3.05) is 5.32 Å². The highest BCUT2D eigenvalue weighted by molar-refractivity contribution is 6.41. The fourth-order valence-electron chi connectivity index (χ4n) is 1.34. The molecule has 0 aliphatic heterocycles. The second-order valence-electron chi connectivity index (χ2n) is 3.72. The molecule has 1 rings (SSSR count). The number of halogens is 3. The van der Waals surface area contributed by atoms with Crippen LogP contribution < -0.4 is 5.32 Å². The molecule has 1 atom stereocenters. The minimum Gasteiger partial charge on any atom is -0.481 e. The number of aliphatic carboxylic acids is 1. The zero-order valence-corrected chi connectivity index (χ0v) is 11.4. The van der Waals surface area contributed by atoms with Gasteiger partial charge >= 0.3 is 5.97 Å². The average Bonchev–Trinajstić information content (AvgIpc) is 2.20. The summed E-state index contributed by atoms with van der Waals surface area (Å²) in [7, 11) is 0. The fourth-order valence-corrected chi connectivity index (χ4v) is 2.26. The number of benzene rings is 1. The number of carbonyl (C=O) groups is 1. The Kier molecular flexibility index (Phi) is 5.37. The zero-order valence-electron chi connectivity index (χ0n) is 9.14. The third kappa shape index (κ3) is 4.62. The van der Waals surface area contributed by atoms with E-state index in [-0.39, 0.29) is 12.5 Å². The first kappa shape index (κ1) is 14.4. The summed E-state index contributed by atoms with van der Waals surface area (Å²) in [5.41, 5.74) is 0.579. The van der Waals surface area contributed by atoms with E-state index in [4.69, 9.17) is 39.9 Å². The van der Waals surface area contributed by atoms with Crippen LogP contribution in [0.2, 0.25) is 15.1 Å². The molecular weight excluding hydrogens is 284 g/mol. The van der Waals surface area contributed by atoms with Gasteiger partial charge in [0.25, 0.3) is 0 Å². The van der Waals surface area contributed by atoms with E-state index in [0.717, 1.165) is 0 Å². The summed E-state index contributed by atoms with van der Waals surface area (Å²) >= 11 is 17.8. The number of nitrogens with one attached hydrogen (secondary N) is 1. The first-order valence-corrected chi connectivity index (χ1v) is 6.16. The predicted octanol–water partition coefficient (Wildman–Crippen LogP) is 4.31. The van der Waals surface area contributed by atoms with Gasteiger partial charge in [0.05, 0.1) is 15.7 Å². The molecule has 0 bridgehead atoms. The van der Waals surface area contributed by atoms with Crippen molar-refractivity contribution in [1.82, 2.24) is 0 Å². The summed E-state index contributed by atoms with van der Waals surface area (Å²) < 4.78 is 0. The van der Waals surface area contributed by atoms with Crippen LogP contribution in [0.3, 0.4) is 0 Å². The van der Waals surface area contributed by atoms with Crippen LogP contribution in [0, 0.1) is 0 Å². The van der Waals surface area contributed by atoms with Gasteiger partial charge in [-0.3, -0.25) is 4.79 Å². The van der Waals surface area contributed by atoms with Crippen molar-refractivity contribution in [3.63, 3.8) is 0 Å². The molecule has 94 valence electrons. The summed E-state index contributed by atoms with van der Waals surface area (Å²) in [6, 6.07) is 3.13. The molecule has 17 heavy (non-hydrogen) atoms. The Balaban J connectivity index is 2.71. The van der Waals surface area contributed by atoms with Crippen molar-refractivity contribution in [3.05, 3.63) is 27.2 Å².